The number of nitrogens with zero attached hydrogens (tertiary/aromatic N) is 1. The molecule has 0 aliphatic carbocycles. The molecule has 1 aromatic carbocycles. The zero-order chi connectivity index (χ0) is 14.8. The van der Waals surface area contributed by atoms with E-state index in [1.807, 2.05) is 23.0 Å². The number of halogens is 2. The molecule has 0 saturated heterocycles. The summed E-state index contributed by atoms with van der Waals surface area (Å²) in [6, 6.07) is 6.84. The highest BCUT2D eigenvalue weighted by Gasteiger charge is 2.09. The second kappa shape index (κ2) is 5.98. The number of benzene rings is 1. The lowest BCUT2D eigenvalue weighted by atomic mass is 10.1. The SMILES string of the molecule is CC(C)(C)NCc1ccn(Cc2ccc(Cl)cc2F)c1. The minimum absolute atomic E-state index is 0.0877. The molecular formula is C16H20ClFN2. The first-order chi connectivity index (χ1) is 9.33. The topological polar surface area (TPSA) is 17.0 Å². The van der Waals surface area contributed by atoms with E-state index in [1.165, 1.54) is 11.6 Å². The molecule has 0 unspecified atom stereocenters. The van der Waals surface area contributed by atoms with Gasteiger partial charge in [0.25, 0.3) is 0 Å². The first kappa shape index (κ1) is 15.1. The largest absolute Gasteiger partial charge is 0.349 e. The average molecular weight is 295 g/mol. The third-order valence-corrected chi connectivity index (χ3v) is 3.24. The van der Waals surface area contributed by atoms with Crippen molar-refractivity contribution in [1.82, 2.24) is 9.88 Å². The van der Waals surface area contributed by atoms with Crippen LogP contribution in [0, 0.1) is 5.82 Å². The third-order valence-electron chi connectivity index (χ3n) is 3.00. The van der Waals surface area contributed by atoms with Crippen LogP contribution in [0.3, 0.4) is 0 Å². The lowest BCUT2D eigenvalue weighted by Gasteiger charge is -2.19. The second-order valence-electron chi connectivity index (χ2n) is 6.03. The summed E-state index contributed by atoms with van der Waals surface area (Å²) in [7, 11) is 0. The number of aromatic nitrogens is 1. The minimum Gasteiger partial charge on any atom is -0.349 e. The molecular weight excluding hydrogens is 275 g/mol. The van der Waals surface area contributed by atoms with Crippen molar-refractivity contribution in [1.29, 1.82) is 0 Å². The van der Waals surface area contributed by atoms with E-state index in [0.717, 1.165) is 6.54 Å². The third kappa shape index (κ3) is 4.36. The average Bonchev–Trinajstić information content (AvgIpc) is 2.77. The van der Waals surface area contributed by atoms with E-state index in [1.54, 1.807) is 12.1 Å². The molecule has 1 aromatic heterocycles. The van der Waals surface area contributed by atoms with Gasteiger partial charge < -0.3 is 9.88 Å². The summed E-state index contributed by atoms with van der Waals surface area (Å²) in [6.07, 6.45) is 4.00. The van der Waals surface area contributed by atoms with Crippen LogP contribution in [-0.2, 0) is 13.1 Å². The highest BCUT2D eigenvalue weighted by atomic mass is 35.5. The van der Waals surface area contributed by atoms with Gasteiger partial charge in [-0.05, 0) is 44.5 Å². The summed E-state index contributed by atoms with van der Waals surface area (Å²) in [4.78, 5) is 0. The van der Waals surface area contributed by atoms with Gasteiger partial charge in [-0.25, -0.2) is 4.39 Å². The molecule has 0 spiro atoms. The highest BCUT2D eigenvalue weighted by molar-refractivity contribution is 6.30. The number of nitrogens with one attached hydrogen (secondary N) is 1. The molecule has 0 bridgehead atoms. The first-order valence-electron chi connectivity index (χ1n) is 6.67. The lowest BCUT2D eigenvalue weighted by Crippen LogP contribution is -2.34. The molecule has 4 heteroatoms. The van der Waals surface area contributed by atoms with Crippen molar-refractivity contribution in [3.8, 4) is 0 Å². The Balaban J connectivity index is 2.02. The normalized spacial score (nSPS) is 11.8. The molecule has 0 radical (unpaired) electrons. The summed E-state index contributed by atoms with van der Waals surface area (Å²) in [6.45, 7) is 7.71. The Hall–Kier alpha value is -1.32. The fraction of sp³-hybridized carbons (Fsp3) is 0.375. The maximum atomic E-state index is 13.7. The van der Waals surface area contributed by atoms with E-state index in [9.17, 15) is 4.39 Å². The summed E-state index contributed by atoms with van der Waals surface area (Å²) in [5, 5.41) is 3.85. The molecule has 0 aliphatic rings. The molecule has 1 N–H and O–H groups in total. The molecule has 1 heterocycles. The zero-order valence-electron chi connectivity index (χ0n) is 12.1. The maximum absolute atomic E-state index is 13.7. The summed E-state index contributed by atoms with van der Waals surface area (Å²) in [5.41, 5.74) is 1.92. The lowest BCUT2D eigenvalue weighted by molar-refractivity contribution is 0.424. The van der Waals surface area contributed by atoms with E-state index < -0.39 is 0 Å². The van der Waals surface area contributed by atoms with E-state index >= 15 is 0 Å². The fourth-order valence-corrected chi connectivity index (χ4v) is 2.07. The van der Waals surface area contributed by atoms with Gasteiger partial charge in [-0.15, -0.1) is 0 Å². The summed E-state index contributed by atoms with van der Waals surface area (Å²) < 4.78 is 15.7. The smallest absolute Gasteiger partial charge is 0.129 e. The van der Waals surface area contributed by atoms with E-state index in [4.69, 9.17) is 11.6 Å². The molecule has 0 saturated carbocycles. The van der Waals surface area contributed by atoms with Crippen molar-refractivity contribution in [3.05, 3.63) is 58.6 Å². The number of hydrogen-bond donors (Lipinski definition) is 1. The Labute approximate surface area is 124 Å². The molecule has 108 valence electrons. The Bertz CT molecular complexity index is 584. The molecule has 0 amide bonds. The van der Waals surface area contributed by atoms with Crippen molar-refractivity contribution in [2.24, 2.45) is 0 Å². The molecule has 2 nitrogen and oxygen atoms in total. The van der Waals surface area contributed by atoms with Crippen molar-refractivity contribution >= 4 is 11.6 Å². The van der Waals surface area contributed by atoms with E-state index in [0.29, 0.717) is 17.1 Å². The summed E-state index contributed by atoms with van der Waals surface area (Å²) in [5.74, 6) is -0.263. The van der Waals surface area contributed by atoms with E-state index in [-0.39, 0.29) is 11.4 Å². The first-order valence-corrected chi connectivity index (χ1v) is 7.05. The Morgan fingerprint density at radius 2 is 2.00 bits per heavy atom. The van der Waals surface area contributed by atoms with Gasteiger partial charge in [-0.2, -0.15) is 0 Å². The Kier molecular flexibility index (Phi) is 4.51. The van der Waals surface area contributed by atoms with Crippen LogP contribution in [0.25, 0.3) is 0 Å². The molecule has 20 heavy (non-hydrogen) atoms. The van der Waals surface area contributed by atoms with Gasteiger partial charge in [-0.1, -0.05) is 17.7 Å². The Morgan fingerprint density at radius 1 is 1.25 bits per heavy atom. The second-order valence-corrected chi connectivity index (χ2v) is 6.47. The van der Waals surface area contributed by atoms with Crippen LogP contribution >= 0.6 is 11.6 Å². The van der Waals surface area contributed by atoms with Crippen LogP contribution < -0.4 is 5.32 Å². The Morgan fingerprint density at radius 3 is 2.65 bits per heavy atom. The van der Waals surface area contributed by atoms with Gasteiger partial charge in [0.2, 0.25) is 0 Å². The monoisotopic (exact) mass is 294 g/mol. The standard InChI is InChI=1S/C16H20ClFN2/c1-16(2,3)19-9-12-6-7-20(10-12)11-13-4-5-14(17)8-15(13)18/h4-8,10,19H,9,11H2,1-3H3. The van der Waals surface area contributed by atoms with Gasteiger partial charge >= 0.3 is 0 Å². The van der Waals surface area contributed by atoms with Gasteiger partial charge in [0.15, 0.2) is 0 Å². The van der Waals surface area contributed by atoms with Crippen molar-refractivity contribution < 1.29 is 4.39 Å². The number of rotatable bonds is 4. The molecule has 2 rings (SSSR count). The van der Waals surface area contributed by atoms with Crippen molar-refractivity contribution in [3.63, 3.8) is 0 Å². The predicted octanol–water partition coefficient (Wildman–Crippen LogP) is 4.22. The van der Waals surface area contributed by atoms with Crippen LogP contribution in [0.2, 0.25) is 5.02 Å². The van der Waals surface area contributed by atoms with E-state index in [2.05, 4.69) is 26.1 Å². The molecule has 2 aromatic rings. The van der Waals surface area contributed by atoms with Gasteiger partial charge in [0.05, 0.1) is 0 Å². The number of hydrogen-bond acceptors (Lipinski definition) is 1. The highest BCUT2D eigenvalue weighted by Crippen LogP contribution is 2.16. The quantitative estimate of drug-likeness (QED) is 0.893. The zero-order valence-corrected chi connectivity index (χ0v) is 12.8. The van der Waals surface area contributed by atoms with Crippen molar-refractivity contribution in [2.45, 2.75) is 39.4 Å². The van der Waals surface area contributed by atoms with Crippen LogP contribution in [-0.4, -0.2) is 10.1 Å². The van der Waals surface area contributed by atoms with Gasteiger partial charge in [0, 0.05) is 41.6 Å². The van der Waals surface area contributed by atoms with Crippen LogP contribution in [0.5, 0.6) is 0 Å². The van der Waals surface area contributed by atoms with Crippen molar-refractivity contribution in [2.75, 3.05) is 0 Å². The van der Waals surface area contributed by atoms with Gasteiger partial charge in [-0.3, -0.25) is 0 Å². The molecule has 0 atom stereocenters. The fourth-order valence-electron chi connectivity index (χ4n) is 1.91. The maximum Gasteiger partial charge on any atom is 0.129 e. The molecule has 0 fully saturated rings. The predicted molar refractivity (Wildman–Crippen MR) is 81.5 cm³/mol. The molecule has 0 aliphatic heterocycles. The van der Waals surface area contributed by atoms with Crippen LogP contribution in [0.4, 0.5) is 4.39 Å². The summed E-state index contributed by atoms with van der Waals surface area (Å²) >= 11 is 5.75. The van der Waals surface area contributed by atoms with Gasteiger partial charge in [0.1, 0.15) is 5.82 Å². The van der Waals surface area contributed by atoms with Crippen LogP contribution in [0.15, 0.2) is 36.7 Å². The van der Waals surface area contributed by atoms with Crippen LogP contribution in [0.1, 0.15) is 31.9 Å². The minimum atomic E-state index is -0.263.